The maximum atomic E-state index is 10.9. The molecule has 0 unspecified atom stereocenters. The molecule has 9 nitrogen and oxygen atoms in total. The van der Waals surface area contributed by atoms with Crippen molar-refractivity contribution < 1.29 is 23.9 Å². The number of benzene rings is 1. The number of halogens is 1. The second-order valence-corrected chi connectivity index (χ2v) is 8.51. The van der Waals surface area contributed by atoms with Crippen LogP contribution in [0.1, 0.15) is 52.0 Å². The number of hydrogen-bond acceptors (Lipinski definition) is 7. The van der Waals surface area contributed by atoms with Crippen LogP contribution in [0.5, 0.6) is 0 Å². The number of allylic oxidation sites excluding steroid dienone is 1. The van der Waals surface area contributed by atoms with Crippen molar-refractivity contribution in [3.05, 3.63) is 47.3 Å². The van der Waals surface area contributed by atoms with E-state index in [1.54, 1.807) is 14.0 Å². The lowest BCUT2D eigenvalue weighted by atomic mass is 10.1. The molecule has 0 saturated heterocycles. The number of nitrogens with one attached hydrogen (secondary N) is 1. The molecule has 2 N–H and O–H groups in total. The number of unbranched alkanes of at least 4 members (excludes halogenated alkanes) is 1. The molecule has 0 saturated carbocycles. The van der Waals surface area contributed by atoms with Crippen LogP contribution in [0, 0.1) is 19.8 Å². The topological polar surface area (TPSA) is 126 Å². The van der Waals surface area contributed by atoms with Gasteiger partial charge in [0.25, 0.3) is 0 Å². The predicted octanol–water partition coefficient (Wildman–Crippen LogP) is 5.21. The molecule has 1 heterocycles. The fourth-order valence-electron chi connectivity index (χ4n) is 2.05. The minimum Gasteiger partial charge on any atom is -0.480 e. The molecule has 2 rings (SSSR count). The molecule has 0 aliphatic carbocycles. The van der Waals surface area contributed by atoms with Crippen molar-refractivity contribution in [1.29, 1.82) is 0 Å². The van der Waals surface area contributed by atoms with Gasteiger partial charge in [-0.25, -0.2) is 0 Å². The zero-order chi connectivity index (χ0) is 28.7. The van der Waals surface area contributed by atoms with E-state index in [1.165, 1.54) is 13.5 Å². The Balaban J connectivity index is -0.000000440. The fourth-order valence-corrected chi connectivity index (χ4v) is 2.28. The Hall–Kier alpha value is -3.04. The number of carbonyl (C=O) groups is 3. The number of nitrogens with zero attached hydrogens (tertiary/aromatic N) is 3. The largest absolute Gasteiger partial charge is 0.480 e. The van der Waals surface area contributed by atoms with Gasteiger partial charge < -0.3 is 24.5 Å². The predicted molar refractivity (Wildman–Crippen MR) is 146 cm³/mol. The highest BCUT2D eigenvalue weighted by Gasteiger charge is 2.10. The molecule has 0 fully saturated rings. The summed E-state index contributed by atoms with van der Waals surface area (Å²) in [6.07, 6.45) is 4.31. The molecule has 0 aliphatic rings. The van der Waals surface area contributed by atoms with E-state index in [0.29, 0.717) is 16.8 Å². The van der Waals surface area contributed by atoms with Gasteiger partial charge in [-0.2, -0.15) is 0 Å². The number of carboxylic acid groups (broad SMARTS) is 1. The molecular weight excluding hydrogens is 484 g/mol. The Morgan fingerprint density at radius 3 is 2.11 bits per heavy atom. The van der Waals surface area contributed by atoms with Crippen LogP contribution in [0.25, 0.3) is 11.5 Å². The molecule has 0 atom stereocenters. The number of aromatic nitrogens is 2. The zero-order valence-electron chi connectivity index (χ0n) is 22.9. The van der Waals surface area contributed by atoms with Gasteiger partial charge in [-0.3, -0.25) is 9.59 Å². The highest BCUT2D eigenvalue weighted by atomic mass is 35.5. The number of rotatable bonds is 7. The van der Waals surface area contributed by atoms with Gasteiger partial charge in [0.1, 0.15) is 13.3 Å². The first kappa shape index (κ1) is 37.5. The third-order valence-electron chi connectivity index (χ3n) is 3.56. The van der Waals surface area contributed by atoms with E-state index in [0.717, 1.165) is 28.4 Å². The van der Waals surface area contributed by atoms with E-state index in [2.05, 4.69) is 49.8 Å². The maximum Gasteiger partial charge on any atom is 0.323 e. The molecule has 1 amide bonds. The van der Waals surface area contributed by atoms with Crippen molar-refractivity contribution in [2.45, 2.75) is 54.4 Å². The number of carbonyl (C=O) groups excluding carboxylic acids is 2. The third-order valence-corrected chi connectivity index (χ3v) is 3.80. The first-order chi connectivity index (χ1) is 16.9. The van der Waals surface area contributed by atoms with E-state index in [4.69, 9.17) is 25.9 Å². The smallest absolute Gasteiger partial charge is 0.323 e. The Morgan fingerprint density at radius 2 is 1.78 bits per heavy atom. The van der Waals surface area contributed by atoms with E-state index >= 15 is 0 Å². The maximum absolute atomic E-state index is 10.9. The normalized spacial score (nSPS) is 9.06. The van der Waals surface area contributed by atoms with Gasteiger partial charge in [0.05, 0.1) is 6.54 Å². The number of aliphatic carboxylic acids is 1. The Bertz CT molecular complexity index is 869. The standard InChI is InChI=1S/C10H9ClN2O.C6H12N2O3.C5H10.C4H10.CH2O/c1-6-5-8(11)3-4-9(6)10-13-12-7(2)14-10;1-7-3-5(9)8(2)4-6(10)11;1-3-5-4-2;1-4(2)3;1-2/h3-5H,1-2H3;7H,3-4H2,1-2H3,(H,10,11);3H,1,4-5H2,2H3;4H,1-3H3;1H2. The highest BCUT2D eigenvalue weighted by Crippen LogP contribution is 2.24. The van der Waals surface area contributed by atoms with Crippen molar-refractivity contribution in [3.63, 3.8) is 0 Å². The number of hydrogen-bond donors (Lipinski definition) is 2. The van der Waals surface area contributed by atoms with Gasteiger partial charge in [-0.15, -0.1) is 16.8 Å². The second-order valence-electron chi connectivity index (χ2n) is 8.07. The van der Waals surface area contributed by atoms with Crippen LogP contribution in [0.15, 0.2) is 35.3 Å². The van der Waals surface area contributed by atoms with Crippen molar-refractivity contribution in [2.75, 3.05) is 27.2 Å². The Kier molecular flexibility index (Phi) is 24.7. The van der Waals surface area contributed by atoms with Crippen LogP contribution < -0.4 is 5.32 Å². The molecule has 0 radical (unpaired) electrons. The summed E-state index contributed by atoms with van der Waals surface area (Å²) in [4.78, 5) is 30.1. The average molecular weight is 527 g/mol. The lowest BCUT2D eigenvalue weighted by molar-refractivity contribution is -0.143. The summed E-state index contributed by atoms with van der Waals surface area (Å²) in [6, 6.07) is 5.56. The highest BCUT2D eigenvalue weighted by molar-refractivity contribution is 6.30. The molecule has 0 bridgehead atoms. The number of carboxylic acids is 1. The molecule has 0 aliphatic heterocycles. The lowest BCUT2D eigenvalue weighted by Crippen LogP contribution is -2.37. The van der Waals surface area contributed by atoms with Gasteiger partial charge in [0.2, 0.25) is 17.7 Å². The molecular formula is C26H43ClN4O5. The Morgan fingerprint density at radius 1 is 1.22 bits per heavy atom. The SMILES string of the molecule is C=CCCC.C=O.CC(C)C.CNCC(=O)N(C)CC(=O)O.Cc1nnc(-c2ccc(Cl)cc2C)o1. The van der Waals surface area contributed by atoms with Gasteiger partial charge in [0.15, 0.2) is 0 Å². The quantitative estimate of drug-likeness (QED) is 0.471. The van der Waals surface area contributed by atoms with Gasteiger partial charge in [-0.1, -0.05) is 51.8 Å². The number of amides is 1. The molecule has 36 heavy (non-hydrogen) atoms. The molecule has 1 aromatic carbocycles. The summed E-state index contributed by atoms with van der Waals surface area (Å²) >= 11 is 5.84. The monoisotopic (exact) mass is 526 g/mol. The first-order valence-corrected chi connectivity index (χ1v) is 11.8. The van der Waals surface area contributed by atoms with Crippen molar-refractivity contribution >= 4 is 30.3 Å². The Labute approximate surface area is 220 Å². The minimum atomic E-state index is -1.00. The zero-order valence-corrected chi connectivity index (χ0v) is 23.7. The summed E-state index contributed by atoms with van der Waals surface area (Å²) in [6.45, 7) is 17.8. The molecule has 204 valence electrons. The average Bonchev–Trinajstić information content (AvgIpc) is 3.22. The lowest BCUT2D eigenvalue weighted by Gasteiger charge is -2.13. The van der Waals surface area contributed by atoms with Crippen LogP contribution in [-0.2, 0) is 14.4 Å². The summed E-state index contributed by atoms with van der Waals surface area (Å²) in [5.41, 5.74) is 1.95. The summed E-state index contributed by atoms with van der Waals surface area (Å²) in [5.74, 6) is 0.706. The van der Waals surface area contributed by atoms with E-state index in [9.17, 15) is 9.59 Å². The van der Waals surface area contributed by atoms with Crippen molar-refractivity contribution in [1.82, 2.24) is 20.4 Å². The van der Waals surface area contributed by atoms with Gasteiger partial charge in [0, 0.05) is 24.6 Å². The van der Waals surface area contributed by atoms with Gasteiger partial charge >= 0.3 is 5.97 Å². The summed E-state index contributed by atoms with van der Waals surface area (Å²) in [5, 5.41) is 19.4. The van der Waals surface area contributed by atoms with Gasteiger partial charge in [-0.05, 0) is 50.1 Å². The van der Waals surface area contributed by atoms with Crippen LogP contribution in [0.4, 0.5) is 0 Å². The van der Waals surface area contributed by atoms with E-state index < -0.39 is 5.97 Å². The van der Waals surface area contributed by atoms with Crippen LogP contribution in [0.3, 0.4) is 0 Å². The molecule has 2 aromatic rings. The second kappa shape index (κ2) is 23.7. The molecule has 1 aromatic heterocycles. The van der Waals surface area contributed by atoms with Crippen LogP contribution in [0.2, 0.25) is 5.02 Å². The summed E-state index contributed by atoms with van der Waals surface area (Å²) < 4.78 is 5.32. The summed E-state index contributed by atoms with van der Waals surface area (Å²) in [7, 11) is 3.08. The molecule has 0 spiro atoms. The van der Waals surface area contributed by atoms with Crippen LogP contribution in [-0.4, -0.2) is 66.1 Å². The minimum absolute atomic E-state index is 0.170. The number of likely N-dealkylation sites (N-methyl/N-ethyl adjacent to an activating group) is 2. The van der Waals surface area contributed by atoms with Crippen molar-refractivity contribution in [3.8, 4) is 11.5 Å². The number of aryl methyl sites for hydroxylation is 2. The fraction of sp³-hybridized carbons (Fsp3) is 0.500. The third kappa shape index (κ3) is 21.5. The molecule has 10 heteroatoms. The van der Waals surface area contributed by atoms with E-state index in [1.807, 2.05) is 38.0 Å². The van der Waals surface area contributed by atoms with Crippen LogP contribution >= 0.6 is 11.6 Å². The first-order valence-electron chi connectivity index (χ1n) is 11.5. The van der Waals surface area contributed by atoms with Crippen molar-refractivity contribution in [2.24, 2.45) is 5.92 Å². The van der Waals surface area contributed by atoms with E-state index in [-0.39, 0.29) is 19.0 Å².